The zero-order chi connectivity index (χ0) is 13.1. The zero-order valence-corrected chi connectivity index (χ0v) is 11.9. The van der Waals surface area contributed by atoms with Gasteiger partial charge in [0, 0.05) is 6.92 Å². The van der Waals surface area contributed by atoms with E-state index in [2.05, 4.69) is 67.4 Å². The second-order valence-electron chi connectivity index (χ2n) is 5.04. The molecule has 0 aliphatic carbocycles. The second-order valence-corrected chi connectivity index (χ2v) is 5.04. The highest BCUT2D eigenvalue weighted by Gasteiger charge is 2.13. The van der Waals surface area contributed by atoms with E-state index >= 15 is 0 Å². The van der Waals surface area contributed by atoms with Crippen molar-refractivity contribution in [1.29, 1.82) is 0 Å². The fourth-order valence-corrected chi connectivity index (χ4v) is 2.45. The van der Waals surface area contributed by atoms with Crippen molar-refractivity contribution in [2.24, 2.45) is 0 Å². The molecule has 0 atom stereocenters. The van der Waals surface area contributed by atoms with E-state index in [1.165, 1.54) is 28.9 Å². The van der Waals surface area contributed by atoms with Crippen LogP contribution in [0.25, 0.3) is 0 Å². The molecule has 0 aliphatic heterocycles. The van der Waals surface area contributed by atoms with Crippen molar-refractivity contribution in [3.05, 3.63) is 53.1 Å². The molecule has 96 valence electrons. The monoisotopic (exact) mass is 243 g/mol. The topological polar surface area (TPSA) is 8.81 Å². The van der Waals surface area contributed by atoms with Crippen LogP contribution in [0.2, 0.25) is 0 Å². The number of imidazole rings is 1. The molecule has 0 saturated carbocycles. The first-order valence-electron chi connectivity index (χ1n) is 6.73. The van der Waals surface area contributed by atoms with E-state index in [1.807, 2.05) is 0 Å². The van der Waals surface area contributed by atoms with E-state index in [0.29, 0.717) is 0 Å². The minimum atomic E-state index is 0.973. The van der Waals surface area contributed by atoms with Crippen LogP contribution in [0, 0.1) is 20.8 Å². The average molecular weight is 243 g/mol. The van der Waals surface area contributed by atoms with E-state index in [1.54, 1.807) is 0 Å². The standard InChI is InChI=1S/C16H23N2/c1-5-9-17-10-11-18(15(17)4)12-16-13(2)7-6-8-14(16)3/h6-8,10-11H,5,9,12H2,1-4H3/q+1. The molecule has 0 bridgehead atoms. The largest absolute Gasteiger partial charge is 0.253 e. The molecule has 0 spiro atoms. The quantitative estimate of drug-likeness (QED) is 0.729. The summed E-state index contributed by atoms with van der Waals surface area (Å²) in [6, 6.07) is 6.52. The molecule has 2 heteroatoms. The van der Waals surface area contributed by atoms with Gasteiger partial charge in [-0.1, -0.05) is 25.1 Å². The molecule has 1 aromatic heterocycles. The molecular formula is C16H23N2+. The van der Waals surface area contributed by atoms with Crippen LogP contribution in [0.5, 0.6) is 0 Å². The summed E-state index contributed by atoms with van der Waals surface area (Å²) in [5.41, 5.74) is 4.20. The van der Waals surface area contributed by atoms with Crippen molar-refractivity contribution in [1.82, 2.24) is 4.57 Å². The van der Waals surface area contributed by atoms with Gasteiger partial charge in [-0.2, -0.15) is 0 Å². The van der Waals surface area contributed by atoms with Crippen LogP contribution in [0.1, 0.15) is 35.9 Å². The Morgan fingerprint density at radius 2 is 1.78 bits per heavy atom. The minimum Gasteiger partial charge on any atom is -0.234 e. The van der Waals surface area contributed by atoms with Crippen molar-refractivity contribution in [2.45, 2.75) is 47.2 Å². The lowest BCUT2D eigenvalue weighted by Crippen LogP contribution is -2.36. The predicted octanol–water partition coefficient (Wildman–Crippen LogP) is 3.16. The van der Waals surface area contributed by atoms with Crippen molar-refractivity contribution >= 4 is 0 Å². The number of rotatable bonds is 4. The van der Waals surface area contributed by atoms with Gasteiger partial charge in [-0.05, 0) is 37.0 Å². The van der Waals surface area contributed by atoms with Gasteiger partial charge in [-0.3, -0.25) is 0 Å². The number of nitrogens with zero attached hydrogens (tertiary/aromatic N) is 2. The number of aryl methyl sites for hydroxylation is 3. The van der Waals surface area contributed by atoms with E-state index in [4.69, 9.17) is 0 Å². The van der Waals surface area contributed by atoms with Gasteiger partial charge in [0.2, 0.25) is 0 Å². The number of hydrogen-bond acceptors (Lipinski definition) is 0. The van der Waals surface area contributed by atoms with Gasteiger partial charge in [-0.25, -0.2) is 9.13 Å². The van der Waals surface area contributed by atoms with Crippen LogP contribution in [0.3, 0.4) is 0 Å². The molecule has 0 radical (unpaired) electrons. The van der Waals surface area contributed by atoms with Crippen molar-refractivity contribution in [3.8, 4) is 0 Å². The van der Waals surface area contributed by atoms with E-state index in [9.17, 15) is 0 Å². The Morgan fingerprint density at radius 3 is 2.39 bits per heavy atom. The molecule has 1 heterocycles. The summed E-state index contributed by atoms with van der Waals surface area (Å²) in [6.07, 6.45) is 5.56. The highest BCUT2D eigenvalue weighted by Crippen LogP contribution is 2.13. The first-order chi connectivity index (χ1) is 8.63. The molecule has 1 aromatic carbocycles. The first-order valence-corrected chi connectivity index (χ1v) is 6.73. The smallest absolute Gasteiger partial charge is 0.234 e. The van der Waals surface area contributed by atoms with Crippen LogP contribution in [0.15, 0.2) is 30.6 Å². The maximum absolute atomic E-state index is 2.34. The molecule has 2 rings (SSSR count). The summed E-state index contributed by atoms with van der Waals surface area (Å²) in [7, 11) is 0. The summed E-state index contributed by atoms with van der Waals surface area (Å²) in [5, 5.41) is 0. The van der Waals surface area contributed by atoms with Gasteiger partial charge in [0.25, 0.3) is 5.82 Å². The van der Waals surface area contributed by atoms with Gasteiger partial charge in [-0.15, -0.1) is 0 Å². The van der Waals surface area contributed by atoms with Gasteiger partial charge in [0.05, 0.1) is 6.54 Å². The highest BCUT2D eigenvalue weighted by molar-refractivity contribution is 5.32. The van der Waals surface area contributed by atoms with E-state index < -0.39 is 0 Å². The van der Waals surface area contributed by atoms with Crippen molar-refractivity contribution in [3.63, 3.8) is 0 Å². The summed E-state index contributed by atoms with van der Waals surface area (Å²) in [5.74, 6) is 1.33. The molecule has 2 aromatic rings. The molecule has 0 unspecified atom stereocenters. The van der Waals surface area contributed by atoms with Crippen LogP contribution in [-0.2, 0) is 13.1 Å². The maximum atomic E-state index is 2.34. The van der Waals surface area contributed by atoms with Gasteiger partial charge >= 0.3 is 0 Å². The van der Waals surface area contributed by atoms with Crippen LogP contribution in [-0.4, -0.2) is 4.57 Å². The fourth-order valence-electron chi connectivity index (χ4n) is 2.45. The summed E-state index contributed by atoms with van der Waals surface area (Å²) in [6.45, 7) is 10.9. The Morgan fingerprint density at radius 1 is 1.11 bits per heavy atom. The maximum Gasteiger partial charge on any atom is 0.253 e. The number of benzene rings is 1. The Bertz CT molecular complexity index is 518. The second kappa shape index (κ2) is 5.38. The minimum absolute atomic E-state index is 0.973. The molecule has 2 nitrogen and oxygen atoms in total. The Kier molecular flexibility index (Phi) is 3.85. The molecule has 0 N–H and O–H groups in total. The van der Waals surface area contributed by atoms with Crippen LogP contribution < -0.4 is 4.57 Å². The lowest BCUT2D eigenvalue weighted by molar-refractivity contribution is -0.694. The number of aromatic nitrogens is 2. The Hall–Kier alpha value is -1.57. The Balaban J connectivity index is 2.29. The van der Waals surface area contributed by atoms with Crippen molar-refractivity contribution in [2.75, 3.05) is 0 Å². The van der Waals surface area contributed by atoms with E-state index in [-0.39, 0.29) is 0 Å². The third-order valence-electron chi connectivity index (χ3n) is 3.70. The Labute approximate surface area is 110 Å². The van der Waals surface area contributed by atoms with Gasteiger partial charge in [0.1, 0.15) is 18.9 Å². The summed E-state index contributed by atoms with van der Waals surface area (Å²) >= 11 is 0. The normalized spacial score (nSPS) is 10.9. The van der Waals surface area contributed by atoms with Crippen molar-refractivity contribution < 1.29 is 4.57 Å². The molecule has 0 fully saturated rings. The average Bonchev–Trinajstić information content (AvgIpc) is 2.67. The van der Waals surface area contributed by atoms with E-state index in [0.717, 1.165) is 13.1 Å². The lowest BCUT2D eigenvalue weighted by Gasteiger charge is -2.08. The van der Waals surface area contributed by atoms with Crippen LogP contribution in [0.4, 0.5) is 0 Å². The third-order valence-corrected chi connectivity index (χ3v) is 3.70. The molecular weight excluding hydrogens is 220 g/mol. The predicted molar refractivity (Wildman–Crippen MR) is 74.7 cm³/mol. The third kappa shape index (κ3) is 2.47. The van der Waals surface area contributed by atoms with Gasteiger partial charge < -0.3 is 0 Å². The fraction of sp³-hybridized carbons (Fsp3) is 0.438. The number of hydrogen-bond donors (Lipinski definition) is 0. The molecule has 0 amide bonds. The molecule has 18 heavy (non-hydrogen) atoms. The molecule has 0 aliphatic rings. The molecule has 0 saturated heterocycles. The summed E-state index contributed by atoms with van der Waals surface area (Å²) in [4.78, 5) is 0. The lowest BCUT2D eigenvalue weighted by atomic mass is 10.0. The first kappa shape index (κ1) is 12.9. The SMILES string of the molecule is CCCn1cc[n+](Cc2c(C)cccc2C)c1C. The summed E-state index contributed by atoms with van der Waals surface area (Å²) < 4.78 is 4.67. The highest BCUT2D eigenvalue weighted by atomic mass is 15.1. The van der Waals surface area contributed by atoms with Crippen LogP contribution >= 0.6 is 0 Å². The van der Waals surface area contributed by atoms with Gasteiger partial charge in [0.15, 0.2) is 0 Å². The zero-order valence-electron chi connectivity index (χ0n) is 11.9.